The van der Waals surface area contributed by atoms with Crippen molar-refractivity contribution in [2.45, 2.75) is 38.6 Å². The van der Waals surface area contributed by atoms with Gasteiger partial charge in [-0.1, -0.05) is 12.8 Å². The van der Waals surface area contributed by atoms with E-state index in [0.717, 1.165) is 12.3 Å². The van der Waals surface area contributed by atoms with E-state index in [1.807, 2.05) is 6.07 Å². The summed E-state index contributed by atoms with van der Waals surface area (Å²) >= 11 is 0. The van der Waals surface area contributed by atoms with Gasteiger partial charge in [-0.05, 0) is 43.9 Å². The van der Waals surface area contributed by atoms with Crippen molar-refractivity contribution in [1.29, 1.82) is 5.26 Å². The molecule has 0 radical (unpaired) electrons. The van der Waals surface area contributed by atoms with E-state index >= 15 is 0 Å². The maximum atomic E-state index is 13.6. The summed E-state index contributed by atoms with van der Waals surface area (Å²) in [6.07, 6.45) is 5.02. The van der Waals surface area contributed by atoms with Crippen LogP contribution < -0.4 is 5.32 Å². The van der Waals surface area contributed by atoms with E-state index in [-0.39, 0.29) is 11.9 Å². The predicted molar refractivity (Wildman–Crippen MR) is 66.2 cm³/mol. The Labute approximate surface area is 101 Å². The van der Waals surface area contributed by atoms with Crippen LogP contribution in [0.5, 0.6) is 0 Å². The molecule has 17 heavy (non-hydrogen) atoms. The summed E-state index contributed by atoms with van der Waals surface area (Å²) in [6.45, 7) is 2.07. The van der Waals surface area contributed by atoms with Gasteiger partial charge in [0, 0.05) is 6.04 Å². The van der Waals surface area contributed by atoms with E-state index in [1.165, 1.54) is 25.3 Å². The first-order valence-electron chi connectivity index (χ1n) is 6.15. The Bertz CT molecular complexity index is 432. The van der Waals surface area contributed by atoms with Crippen molar-refractivity contribution in [2.75, 3.05) is 5.32 Å². The molecule has 1 aromatic rings. The van der Waals surface area contributed by atoms with Crippen molar-refractivity contribution in [3.05, 3.63) is 29.6 Å². The third-order valence-electron chi connectivity index (χ3n) is 3.20. The van der Waals surface area contributed by atoms with E-state index in [4.69, 9.17) is 5.26 Å². The second-order valence-corrected chi connectivity index (χ2v) is 4.87. The Balaban J connectivity index is 1.90. The molecule has 0 amide bonds. The highest BCUT2D eigenvalue weighted by molar-refractivity contribution is 5.49. The molecule has 0 aromatic heterocycles. The lowest BCUT2D eigenvalue weighted by Gasteiger charge is -2.15. The first kappa shape index (κ1) is 11.9. The average molecular weight is 232 g/mol. The maximum absolute atomic E-state index is 13.6. The second kappa shape index (κ2) is 5.18. The summed E-state index contributed by atoms with van der Waals surface area (Å²) < 4.78 is 13.6. The smallest absolute Gasteiger partial charge is 0.147 e. The molecule has 1 atom stereocenters. The van der Waals surface area contributed by atoms with Crippen LogP contribution in [0.3, 0.4) is 0 Å². The molecule has 0 heterocycles. The van der Waals surface area contributed by atoms with Crippen LogP contribution in [0.1, 0.15) is 38.2 Å². The van der Waals surface area contributed by atoms with E-state index in [1.54, 1.807) is 12.1 Å². The lowest BCUT2D eigenvalue weighted by atomic mass is 10.1. The van der Waals surface area contributed by atoms with Gasteiger partial charge < -0.3 is 5.32 Å². The van der Waals surface area contributed by atoms with Gasteiger partial charge in [0.15, 0.2) is 0 Å². The molecular weight excluding hydrogens is 215 g/mol. The zero-order chi connectivity index (χ0) is 12.3. The highest BCUT2D eigenvalue weighted by Gasteiger charge is 2.21. The van der Waals surface area contributed by atoms with Gasteiger partial charge in [0.2, 0.25) is 0 Å². The molecule has 2 rings (SSSR count). The molecule has 0 saturated heterocycles. The van der Waals surface area contributed by atoms with Crippen molar-refractivity contribution >= 4 is 5.69 Å². The first-order chi connectivity index (χ1) is 8.19. The van der Waals surface area contributed by atoms with Gasteiger partial charge in [0.1, 0.15) is 5.82 Å². The van der Waals surface area contributed by atoms with Gasteiger partial charge in [-0.2, -0.15) is 5.26 Å². The molecule has 1 aromatic carbocycles. The van der Waals surface area contributed by atoms with Crippen molar-refractivity contribution in [3.63, 3.8) is 0 Å². The molecular formula is C14H17FN2. The van der Waals surface area contributed by atoms with Crippen LogP contribution in [0.2, 0.25) is 0 Å². The Hall–Kier alpha value is -1.56. The topological polar surface area (TPSA) is 35.8 Å². The van der Waals surface area contributed by atoms with E-state index in [0.29, 0.717) is 11.3 Å². The Morgan fingerprint density at radius 2 is 2.29 bits per heavy atom. The maximum Gasteiger partial charge on any atom is 0.147 e. The largest absolute Gasteiger partial charge is 0.380 e. The summed E-state index contributed by atoms with van der Waals surface area (Å²) in [5, 5.41) is 11.8. The molecule has 0 aliphatic heterocycles. The average Bonchev–Trinajstić information content (AvgIpc) is 3.13. The first-order valence-corrected chi connectivity index (χ1v) is 6.15. The normalized spacial score (nSPS) is 16.3. The summed E-state index contributed by atoms with van der Waals surface area (Å²) in [6, 6.07) is 6.76. The molecule has 90 valence electrons. The molecule has 1 N–H and O–H groups in total. The molecule has 1 fully saturated rings. The predicted octanol–water partition coefficient (Wildman–Crippen LogP) is 3.69. The third-order valence-corrected chi connectivity index (χ3v) is 3.20. The van der Waals surface area contributed by atoms with Crippen molar-refractivity contribution in [2.24, 2.45) is 5.92 Å². The number of hydrogen-bond acceptors (Lipinski definition) is 2. The van der Waals surface area contributed by atoms with Crippen LogP contribution >= 0.6 is 0 Å². The Morgan fingerprint density at radius 1 is 1.53 bits per heavy atom. The fourth-order valence-electron chi connectivity index (χ4n) is 1.93. The summed E-state index contributed by atoms with van der Waals surface area (Å²) in [5.74, 6) is 0.562. The lowest BCUT2D eigenvalue weighted by Crippen LogP contribution is -2.16. The fourth-order valence-corrected chi connectivity index (χ4v) is 1.93. The molecule has 0 bridgehead atoms. The lowest BCUT2D eigenvalue weighted by molar-refractivity contribution is 0.596. The quantitative estimate of drug-likeness (QED) is 0.840. The van der Waals surface area contributed by atoms with E-state index < -0.39 is 0 Å². The number of hydrogen-bond donors (Lipinski definition) is 1. The highest BCUT2D eigenvalue weighted by atomic mass is 19.1. The van der Waals surface area contributed by atoms with Crippen LogP contribution in [-0.4, -0.2) is 6.04 Å². The van der Waals surface area contributed by atoms with Crippen molar-refractivity contribution in [3.8, 4) is 6.07 Å². The second-order valence-electron chi connectivity index (χ2n) is 4.87. The van der Waals surface area contributed by atoms with Crippen LogP contribution in [0, 0.1) is 23.1 Å². The molecule has 1 saturated carbocycles. The Kier molecular flexibility index (Phi) is 3.63. The minimum Gasteiger partial charge on any atom is -0.380 e. The van der Waals surface area contributed by atoms with Gasteiger partial charge in [0.05, 0.1) is 17.3 Å². The number of nitriles is 1. The van der Waals surface area contributed by atoms with Gasteiger partial charge in [-0.25, -0.2) is 4.39 Å². The fraction of sp³-hybridized carbons (Fsp3) is 0.500. The summed E-state index contributed by atoms with van der Waals surface area (Å²) in [7, 11) is 0. The Morgan fingerprint density at radius 3 is 2.88 bits per heavy atom. The summed E-state index contributed by atoms with van der Waals surface area (Å²) in [5.41, 5.74) is 0.853. The minimum atomic E-state index is -0.345. The van der Waals surface area contributed by atoms with Gasteiger partial charge in [0.25, 0.3) is 0 Å². The van der Waals surface area contributed by atoms with Gasteiger partial charge in [-0.3, -0.25) is 0 Å². The van der Waals surface area contributed by atoms with Crippen LogP contribution in [-0.2, 0) is 0 Å². The van der Waals surface area contributed by atoms with E-state index in [2.05, 4.69) is 12.2 Å². The number of halogens is 1. The van der Waals surface area contributed by atoms with Crippen molar-refractivity contribution < 1.29 is 4.39 Å². The zero-order valence-electron chi connectivity index (χ0n) is 10.0. The number of nitrogens with one attached hydrogen (secondary N) is 1. The van der Waals surface area contributed by atoms with Gasteiger partial charge >= 0.3 is 0 Å². The summed E-state index contributed by atoms with van der Waals surface area (Å²) in [4.78, 5) is 0. The monoisotopic (exact) mass is 232 g/mol. The number of nitrogens with zero attached hydrogens (tertiary/aromatic N) is 1. The van der Waals surface area contributed by atoms with Gasteiger partial charge in [-0.15, -0.1) is 0 Å². The highest BCUT2D eigenvalue weighted by Crippen LogP contribution is 2.34. The van der Waals surface area contributed by atoms with E-state index in [9.17, 15) is 4.39 Å². The molecule has 1 aliphatic rings. The van der Waals surface area contributed by atoms with Crippen molar-refractivity contribution in [1.82, 2.24) is 0 Å². The molecule has 0 spiro atoms. The van der Waals surface area contributed by atoms with Crippen LogP contribution in [0.15, 0.2) is 18.2 Å². The number of anilines is 1. The minimum absolute atomic E-state index is 0.276. The SMILES string of the molecule is CC(CCC1CC1)Nc1ccc(C#N)cc1F. The number of benzene rings is 1. The third kappa shape index (κ3) is 3.45. The molecule has 1 unspecified atom stereocenters. The standard InChI is InChI=1S/C14H17FN2/c1-10(2-3-11-4-5-11)17-14-7-6-12(9-16)8-13(14)15/h6-8,10-11,17H,2-5H2,1H3. The van der Waals surface area contributed by atoms with Crippen LogP contribution in [0.25, 0.3) is 0 Å². The number of rotatable bonds is 5. The molecule has 1 aliphatic carbocycles. The zero-order valence-corrected chi connectivity index (χ0v) is 10.0. The van der Waals surface area contributed by atoms with Crippen LogP contribution in [0.4, 0.5) is 10.1 Å². The molecule has 2 nitrogen and oxygen atoms in total. The molecule has 3 heteroatoms.